The van der Waals surface area contributed by atoms with Crippen molar-refractivity contribution in [3.05, 3.63) is 0 Å². The Morgan fingerprint density at radius 1 is 1.18 bits per heavy atom. The Bertz CT molecular complexity index is 172. The third kappa shape index (κ3) is 74.2. The first-order valence-electron chi connectivity index (χ1n) is 3.30. The molecule has 0 aromatic heterocycles. The van der Waals surface area contributed by atoms with Gasteiger partial charge in [0.2, 0.25) is 0 Å². The number of hydrogen-bond donors (Lipinski definition) is 1. The van der Waals surface area contributed by atoms with Gasteiger partial charge >= 0.3 is 0 Å². The maximum absolute atomic E-state index is 9.56. The Hall–Kier alpha value is -0.130. The van der Waals surface area contributed by atoms with Crippen molar-refractivity contribution in [3.8, 4) is 0 Å². The maximum Gasteiger partial charge on any atom is 0.264 e. The summed E-state index contributed by atoms with van der Waals surface area (Å²) in [6.45, 7) is 1.37. The highest BCUT2D eigenvalue weighted by Gasteiger charge is 1.93. The molecule has 0 aliphatic heterocycles. The minimum Gasteiger partial charge on any atom is -0.333 e. The first-order valence-corrected chi connectivity index (χ1v) is 4.91. The van der Waals surface area contributed by atoms with Crippen LogP contribution in [0.5, 0.6) is 0 Å². The van der Waals surface area contributed by atoms with E-state index in [0.29, 0.717) is 0 Å². The first-order chi connectivity index (χ1) is 4.56. The molecule has 0 bridgehead atoms. The molecule has 0 fully saturated rings. The Morgan fingerprint density at radius 3 is 1.27 bits per heavy atom. The summed E-state index contributed by atoms with van der Waals surface area (Å²) in [5.41, 5.74) is 0. The van der Waals surface area contributed by atoms with Crippen LogP contribution in [0.4, 0.5) is 0 Å². The number of hydrogen-bond acceptors (Lipinski definition) is 2. The molecule has 0 rings (SSSR count). The SMILES string of the molecule is CCS(=O)(=O)O.C[N+](C)(C)C. The molecule has 0 saturated carbocycles. The van der Waals surface area contributed by atoms with Gasteiger partial charge in [0.15, 0.2) is 0 Å². The first kappa shape index (κ1) is 13.5. The zero-order valence-corrected chi connectivity index (χ0v) is 8.64. The van der Waals surface area contributed by atoms with E-state index in [1.165, 1.54) is 6.92 Å². The van der Waals surface area contributed by atoms with Gasteiger partial charge in [-0.1, -0.05) is 0 Å². The van der Waals surface area contributed by atoms with E-state index in [1.54, 1.807) is 0 Å². The average Bonchev–Trinajstić information content (AvgIpc) is 1.59. The molecule has 11 heavy (non-hydrogen) atoms. The Kier molecular flexibility index (Phi) is 5.74. The summed E-state index contributed by atoms with van der Waals surface area (Å²) in [5.74, 6) is -0.201. The smallest absolute Gasteiger partial charge is 0.264 e. The highest BCUT2D eigenvalue weighted by atomic mass is 32.2. The molecular weight excluding hydrogens is 166 g/mol. The molecule has 0 aromatic carbocycles. The zero-order chi connectivity index (χ0) is 9.71. The molecule has 0 amide bonds. The summed E-state index contributed by atoms with van der Waals surface area (Å²) in [6.07, 6.45) is 0. The van der Waals surface area contributed by atoms with E-state index in [9.17, 15) is 8.42 Å². The fraction of sp³-hybridized carbons (Fsp3) is 1.00. The van der Waals surface area contributed by atoms with Crippen LogP contribution in [0.15, 0.2) is 0 Å². The molecule has 70 valence electrons. The Morgan fingerprint density at radius 2 is 1.27 bits per heavy atom. The molecule has 0 aliphatic rings. The lowest BCUT2D eigenvalue weighted by molar-refractivity contribution is -0.849. The summed E-state index contributed by atoms with van der Waals surface area (Å²) < 4.78 is 27.9. The van der Waals surface area contributed by atoms with Crippen molar-refractivity contribution in [2.24, 2.45) is 0 Å². The van der Waals surface area contributed by atoms with E-state index in [-0.39, 0.29) is 5.75 Å². The molecule has 4 nitrogen and oxygen atoms in total. The molecule has 0 aliphatic carbocycles. The molecule has 0 spiro atoms. The number of quaternary nitrogens is 1. The van der Waals surface area contributed by atoms with Crippen molar-refractivity contribution in [1.82, 2.24) is 0 Å². The minimum atomic E-state index is -3.66. The van der Waals surface area contributed by atoms with Gasteiger partial charge in [0.05, 0.1) is 33.9 Å². The highest BCUT2D eigenvalue weighted by molar-refractivity contribution is 7.85. The van der Waals surface area contributed by atoms with Gasteiger partial charge < -0.3 is 4.48 Å². The zero-order valence-electron chi connectivity index (χ0n) is 7.83. The van der Waals surface area contributed by atoms with E-state index in [1.807, 2.05) is 0 Å². The summed E-state index contributed by atoms with van der Waals surface area (Å²) in [4.78, 5) is 0. The van der Waals surface area contributed by atoms with E-state index in [4.69, 9.17) is 4.55 Å². The highest BCUT2D eigenvalue weighted by Crippen LogP contribution is 1.74. The van der Waals surface area contributed by atoms with Crippen LogP contribution >= 0.6 is 0 Å². The standard InChI is InChI=1S/C4H12N.C2H6O3S/c1-5(2,3)4;1-2-6(3,4)5/h1-4H3;2H2,1H3,(H,3,4,5)/q+1;. The van der Waals surface area contributed by atoms with Gasteiger partial charge in [0.1, 0.15) is 0 Å². The monoisotopic (exact) mass is 184 g/mol. The van der Waals surface area contributed by atoms with Crippen LogP contribution in [-0.2, 0) is 10.1 Å². The lowest BCUT2D eigenvalue weighted by atomic mass is 10.8. The summed E-state index contributed by atoms with van der Waals surface area (Å²) in [6, 6.07) is 0. The van der Waals surface area contributed by atoms with E-state index < -0.39 is 10.1 Å². The molecule has 0 saturated heterocycles. The quantitative estimate of drug-likeness (QED) is 0.468. The van der Waals surface area contributed by atoms with Crippen LogP contribution in [0, 0.1) is 0 Å². The van der Waals surface area contributed by atoms with Crippen LogP contribution in [-0.4, -0.2) is 51.4 Å². The molecular formula is C6H18NO3S+. The molecule has 5 heteroatoms. The predicted molar refractivity (Wildman–Crippen MR) is 46.0 cm³/mol. The second kappa shape index (κ2) is 4.69. The summed E-state index contributed by atoms with van der Waals surface area (Å²) in [7, 11) is 4.84. The fourth-order valence-electron chi connectivity index (χ4n) is 0. The van der Waals surface area contributed by atoms with Crippen molar-refractivity contribution < 1.29 is 17.5 Å². The topological polar surface area (TPSA) is 54.4 Å². The third-order valence-corrected chi connectivity index (χ3v) is 1.09. The summed E-state index contributed by atoms with van der Waals surface area (Å²) >= 11 is 0. The molecule has 0 atom stereocenters. The van der Waals surface area contributed by atoms with Gasteiger partial charge in [-0.05, 0) is 6.92 Å². The molecule has 1 N–H and O–H groups in total. The van der Waals surface area contributed by atoms with E-state index in [2.05, 4.69) is 28.2 Å². The van der Waals surface area contributed by atoms with Crippen molar-refractivity contribution >= 4 is 10.1 Å². The van der Waals surface area contributed by atoms with Gasteiger partial charge in [-0.2, -0.15) is 8.42 Å². The van der Waals surface area contributed by atoms with Crippen molar-refractivity contribution in [2.45, 2.75) is 6.92 Å². The lowest BCUT2D eigenvalue weighted by Gasteiger charge is -2.14. The maximum atomic E-state index is 9.56. The number of nitrogens with zero attached hydrogens (tertiary/aromatic N) is 1. The van der Waals surface area contributed by atoms with Crippen LogP contribution in [0.3, 0.4) is 0 Å². The molecule has 0 aromatic rings. The van der Waals surface area contributed by atoms with Crippen LogP contribution in [0.2, 0.25) is 0 Å². The minimum absolute atomic E-state index is 0.201. The van der Waals surface area contributed by atoms with Gasteiger partial charge in [-0.15, -0.1) is 0 Å². The largest absolute Gasteiger partial charge is 0.333 e. The van der Waals surface area contributed by atoms with Gasteiger partial charge in [0.25, 0.3) is 10.1 Å². The normalized spacial score (nSPS) is 11.8. The van der Waals surface area contributed by atoms with E-state index >= 15 is 0 Å². The van der Waals surface area contributed by atoms with Crippen molar-refractivity contribution in [2.75, 3.05) is 33.9 Å². The van der Waals surface area contributed by atoms with Gasteiger partial charge in [-0.25, -0.2) is 0 Å². The third-order valence-electron chi connectivity index (χ3n) is 0.365. The Balaban J connectivity index is 0. The number of rotatable bonds is 1. The molecule has 0 heterocycles. The average molecular weight is 184 g/mol. The predicted octanol–water partition coefficient (Wildman–Crippen LogP) is 0.216. The molecule has 0 unspecified atom stereocenters. The Labute approximate surface area is 69.2 Å². The summed E-state index contributed by atoms with van der Waals surface area (Å²) in [5, 5.41) is 0. The van der Waals surface area contributed by atoms with Crippen LogP contribution in [0.1, 0.15) is 6.92 Å². The molecule has 0 radical (unpaired) electrons. The van der Waals surface area contributed by atoms with Crippen LogP contribution in [0.25, 0.3) is 0 Å². The fourth-order valence-corrected chi connectivity index (χ4v) is 0. The van der Waals surface area contributed by atoms with Crippen LogP contribution < -0.4 is 0 Å². The second-order valence-electron chi connectivity index (χ2n) is 3.55. The van der Waals surface area contributed by atoms with Crippen molar-refractivity contribution in [1.29, 1.82) is 0 Å². The van der Waals surface area contributed by atoms with E-state index in [0.717, 1.165) is 4.48 Å². The lowest BCUT2D eigenvalue weighted by Crippen LogP contribution is -2.27. The van der Waals surface area contributed by atoms with Gasteiger partial charge in [0, 0.05) is 0 Å². The van der Waals surface area contributed by atoms with Crippen molar-refractivity contribution in [3.63, 3.8) is 0 Å². The second-order valence-corrected chi connectivity index (χ2v) is 5.30. The van der Waals surface area contributed by atoms with Gasteiger partial charge in [-0.3, -0.25) is 4.55 Å².